The topological polar surface area (TPSA) is 55.5 Å². The van der Waals surface area contributed by atoms with E-state index in [9.17, 15) is 5.11 Å². The van der Waals surface area contributed by atoms with Crippen LogP contribution in [-0.4, -0.2) is 30.0 Å². The molecule has 12 heavy (non-hydrogen) atoms. The standard InChI is InChI=1S/C9H17NO2/c10-8-4-9(11,5-8)7-2-1-3-12-6-7/h7-8,11H,1-6,10H2. The minimum Gasteiger partial charge on any atom is -0.389 e. The number of hydrogen-bond acceptors (Lipinski definition) is 3. The molecular formula is C9H17NO2. The molecule has 0 aromatic heterocycles. The summed E-state index contributed by atoms with van der Waals surface area (Å²) in [6.45, 7) is 1.59. The first-order valence-corrected chi connectivity index (χ1v) is 4.76. The van der Waals surface area contributed by atoms with Crippen molar-refractivity contribution in [3.05, 3.63) is 0 Å². The number of rotatable bonds is 1. The molecule has 0 amide bonds. The van der Waals surface area contributed by atoms with E-state index in [1.54, 1.807) is 0 Å². The van der Waals surface area contributed by atoms with Gasteiger partial charge >= 0.3 is 0 Å². The molecule has 0 bridgehead atoms. The Hall–Kier alpha value is -0.120. The maximum Gasteiger partial charge on any atom is 0.0727 e. The van der Waals surface area contributed by atoms with E-state index in [2.05, 4.69) is 0 Å². The average Bonchev–Trinajstić information content (AvgIpc) is 2.04. The third-order valence-corrected chi connectivity index (χ3v) is 3.15. The number of ether oxygens (including phenoxy) is 1. The zero-order valence-corrected chi connectivity index (χ0v) is 7.33. The van der Waals surface area contributed by atoms with Gasteiger partial charge in [-0.2, -0.15) is 0 Å². The quantitative estimate of drug-likeness (QED) is 0.595. The fourth-order valence-electron chi connectivity index (χ4n) is 2.35. The smallest absolute Gasteiger partial charge is 0.0727 e. The lowest BCUT2D eigenvalue weighted by molar-refractivity contribution is -0.131. The Morgan fingerprint density at radius 1 is 1.42 bits per heavy atom. The molecule has 1 saturated carbocycles. The Labute approximate surface area is 72.9 Å². The normalized spacial score (nSPS) is 48.5. The van der Waals surface area contributed by atoms with Crippen LogP contribution in [0.2, 0.25) is 0 Å². The molecular weight excluding hydrogens is 154 g/mol. The lowest BCUT2D eigenvalue weighted by atomic mass is 9.67. The Balaban J connectivity index is 1.90. The molecule has 0 spiro atoms. The Morgan fingerprint density at radius 2 is 2.17 bits per heavy atom. The van der Waals surface area contributed by atoms with Crippen molar-refractivity contribution in [3.63, 3.8) is 0 Å². The predicted molar refractivity (Wildman–Crippen MR) is 45.7 cm³/mol. The number of nitrogens with two attached hydrogens (primary N) is 1. The highest BCUT2D eigenvalue weighted by Gasteiger charge is 2.47. The van der Waals surface area contributed by atoms with Crippen LogP contribution in [0.4, 0.5) is 0 Å². The van der Waals surface area contributed by atoms with Crippen LogP contribution >= 0.6 is 0 Å². The summed E-state index contributed by atoms with van der Waals surface area (Å²) < 4.78 is 5.34. The van der Waals surface area contributed by atoms with Crippen LogP contribution in [0.15, 0.2) is 0 Å². The van der Waals surface area contributed by atoms with E-state index in [1.807, 2.05) is 0 Å². The molecule has 1 aliphatic carbocycles. The maximum atomic E-state index is 10.0. The summed E-state index contributed by atoms with van der Waals surface area (Å²) in [6.07, 6.45) is 3.72. The summed E-state index contributed by atoms with van der Waals surface area (Å²) in [7, 11) is 0. The molecule has 2 aliphatic rings. The average molecular weight is 171 g/mol. The van der Waals surface area contributed by atoms with Gasteiger partial charge in [-0.1, -0.05) is 0 Å². The first-order chi connectivity index (χ1) is 5.71. The highest BCUT2D eigenvalue weighted by atomic mass is 16.5. The Bertz CT molecular complexity index is 160. The lowest BCUT2D eigenvalue weighted by Gasteiger charge is -2.48. The maximum absolute atomic E-state index is 10.0. The van der Waals surface area contributed by atoms with Crippen LogP contribution in [0.1, 0.15) is 25.7 Å². The molecule has 0 aromatic carbocycles. The van der Waals surface area contributed by atoms with E-state index in [0.717, 1.165) is 38.9 Å². The summed E-state index contributed by atoms with van der Waals surface area (Å²) in [5.74, 6) is 0.339. The van der Waals surface area contributed by atoms with Gasteiger partial charge in [-0.05, 0) is 25.7 Å². The van der Waals surface area contributed by atoms with Gasteiger partial charge in [-0.25, -0.2) is 0 Å². The highest BCUT2D eigenvalue weighted by Crippen LogP contribution is 2.40. The molecule has 2 rings (SSSR count). The molecule has 3 N–H and O–H groups in total. The second-order valence-electron chi connectivity index (χ2n) is 4.19. The minimum atomic E-state index is -0.486. The van der Waals surface area contributed by atoms with E-state index >= 15 is 0 Å². The monoisotopic (exact) mass is 171 g/mol. The van der Waals surface area contributed by atoms with Crippen LogP contribution in [0.3, 0.4) is 0 Å². The molecule has 1 heterocycles. The molecule has 1 aliphatic heterocycles. The van der Waals surface area contributed by atoms with Gasteiger partial charge < -0.3 is 15.6 Å². The van der Waals surface area contributed by atoms with E-state index in [0.29, 0.717) is 5.92 Å². The van der Waals surface area contributed by atoms with Gasteiger partial charge in [0.25, 0.3) is 0 Å². The summed E-state index contributed by atoms with van der Waals surface area (Å²) in [6, 6.07) is 0.219. The third-order valence-electron chi connectivity index (χ3n) is 3.15. The zero-order valence-electron chi connectivity index (χ0n) is 7.33. The Morgan fingerprint density at radius 3 is 2.67 bits per heavy atom. The van der Waals surface area contributed by atoms with Gasteiger partial charge in [0, 0.05) is 18.6 Å². The molecule has 3 nitrogen and oxygen atoms in total. The predicted octanol–water partition coefficient (Wildman–Crippen LogP) is 0.265. The summed E-state index contributed by atoms with van der Waals surface area (Å²) >= 11 is 0. The minimum absolute atomic E-state index is 0.219. The molecule has 1 saturated heterocycles. The number of aliphatic hydroxyl groups is 1. The molecule has 2 fully saturated rings. The van der Waals surface area contributed by atoms with Crippen LogP contribution < -0.4 is 5.73 Å². The Kier molecular flexibility index (Phi) is 2.10. The molecule has 0 radical (unpaired) electrons. The summed E-state index contributed by atoms with van der Waals surface area (Å²) in [5.41, 5.74) is 5.17. The largest absolute Gasteiger partial charge is 0.389 e. The third kappa shape index (κ3) is 1.37. The van der Waals surface area contributed by atoms with Crippen molar-refractivity contribution in [2.45, 2.75) is 37.3 Å². The molecule has 1 atom stereocenters. The van der Waals surface area contributed by atoms with Gasteiger partial charge in [0.05, 0.1) is 12.2 Å². The van der Waals surface area contributed by atoms with Crippen molar-refractivity contribution in [3.8, 4) is 0 Å². The number of hydrogen-bond donors (Lipinski definition) is 2. The van der Waals surface area contributed by atoms with Crippen LogP contribution in [-0.2, 0) is 4.74 Å². The second-order valence-corrected chi connectivity index (χ2v) is 4.19. The highest BCUT2D eigenvalue weighted by molar-refractivity contribution is 5.01. The molecule has 0 aromatic rings. The van der Waals surface area contributed by atoms with E-state index in [-0.39, 0.29) is 6.04 Å². The van der Waals surface area contributed by atoms with Crippen molar-refractivity contribution in [2.75, 3.05) is 13.2 Å². The van der Waals surface area contributed by atoms with Crippen LogP contribution in [0.5, 0.6) is 0 Å². The van der Waals surface area contributed by atoms with E-state index in [4.69, 9.17) is 10.5 Å². The van der Waals surface area contributed by atoms with Crippen molar-refractivity contribution < 1.29 is 9.84 Å². The van der Waals surface area contributed by atoms with Gasteiger partial charge in [0.2, 0.25) is 0 Å². The first kappa shape index (κ1) is 8.48. The fourth-order valence-corrected chi connectivity index (χ4v) is 2.35. The van der Waals surface area contributed by atoms with E-state index < -0.39 is 5.60 Å². The second kappa shape index (κ2) is 2.98. The van der Waals surface area contributed by atoms with Crippen molar-refractivity contribution in [2.24, 2.45) is 11.7 Å². The summed E-state index contributed by atoms with van der Waals surface area (Å²) in [5, 5.41) is 10.0. The molecule has 3 heteroatoms. The first-order valence-electron chi connectivity index (χ1n) is 4.76. The SMILES string of the molecule is NC1CC(O)(C2CCCOC2)C1. The van der Waals surface area contributed by atoms with Gasteiger partial charge in [-0.3, -0.25) is 0 Å². The lowest BCUT2D eigenvalue weighted by Crippen LogP contribution is -2.57. The molecule has 1 unspecified atom stereocenters. The van der Waals surface area contributed by atoms with Crippen molar-refractivity contribution in [1.82, 2.24) is 0 Å². The van der Waals surface area contributed by atoms with E-state index in [1.165, 1.54) is 0 Å². The van der Waals surface area contributed by atoms with Gasteiger partial charge in [0.15, 0.2) is 0 Å². The summed E-state index contributed by atoms with van der Waals surface area (Å²) in [4.78, 5) is 0. The van der Waals surface area contributed by atoms with Crippen LogP contribution in [0, 0.1) is 5.92 Å². The zero-order chi connectivity index (χ0) is 8.60. The molecule has 70 valence electrons. The van der Waals surface area contributed by atoms with Gasteiger partial charge in [-0.15, -0.1) is 0 Å². The van der Waals surface area contributed by atoms with Gasteiger partial charge in [0.1, 0.15) is 0 Å². The fraction of sp³-hybridized carbons (Fsp3) is 1.00. The van der Waals surface area contributed by atoms with Crippen molar-refractivity contribution in [1.29, 1.82) is 0 Å². The van der Waals surface area contributed by atoms with Crippen LogP contribution in [0.25, 0.3) is 0 Å². The van der Waals surface area contributed by atoms with Crippen molar-refractivity contribution >= 4 is 0 Å².